The van der Waals surface area contributed by atoms with Crippen LogP contribution in [0.25, 0.3) is 0 Å². The highest BCUT2D eigenvalue weighted by molar-refractivity contribution is 5.29. The van der Waals surface area contributed by atoms with Crippen molar-refractivity contribution in [1.29, 1.82) is 0 Å². The number of likely N-dealkylation sites (tertiary alicyclic amines) is 1. The third kappa shape index (κ3) is 3.73. The number of nitrogens with one attached hydrogen (secondary N) is 1. The lowest BCUT2D eigenvalue weighted by molar-refractivity contribution is 0.146. The van der Waals surface area contributed by atoms with Crippen LogP contribution in [0.1, 0.15) is 54.5 Å². The Bertz CT molecular complexity index is 741. The van der Waals surface area contributed by atoms with E-state index in [0.717, 1.165) is 31.7 Å². The molecule has 2 aromatic rings. The summed E-state index contributed by atoms with van der Waals surface area (Å²) in [6.45, 7) is 2.95. The molecule has 1 N–H and O–H groups in total. The highest BCUT2D eigenvalue weighted by Crippen LogP contribution is 2.40. The molecule has 3 nitrogen and oxygen atoms in total. The standard InChI is InChI=1S/C21H25F2N3/c22-21(23)20-11-19(24-25-20)18-14-26(12-15-7-3-1-4-8-15)13-17(18)16-9-5-2-6-10-16/h1-3,5-6,9-11,15,17-18,21H,4,7-8,12-14H2,(H,24,25)/t15?,17-,18+/m0/s1. The Morgan fingerprint density at radius 2 is 1.92 bits per heavy atom. The van der Waals surface area contributed by atoms with Gasteiger partial charge >= 0.3 is 0 Å². The molecule has 0 radical (unpaired) electrons. The van der Waals surface area contributed by atoms with Gasteiger partial charge in [-0.15, -0.1) is 0 Å². The van der Waals surface area contributed by atoms with Crippen molar-refractivity contribution in [1.82, 2.24) is 15.1 Å². The lowest BCUT2D eigenvalue weighted by atomic mass is 9.87. The van der Waals surface area contributed by atoms with Crippen LogP contribution in [0.15, 0.2) is 48.6 Å². The van der Waals surface area contributed by atoms with Crippen molar-refractivity contribution >= 4 is 0 Å². The van der Waals surface area contributed by atoms with Crippen molar-refractivity contribution in [2.45, 2.75) is 37.5 Å². The number of allylic oxidation sites excluding steroid dienone is 2. The minimum atomic E-state index is -2.53. The van der Waals surface area contributed by atoms with Crippen LogP contribution in [0.2, 0.25) is 0 Å². The van der Waals surface area contributed by atoms with E-state index in [4.69, 9.17) is 0 Å². The molecule has 3 atom stereocenters. The fraction of sp³-hybridized carbons (Fsp3) is 0.476. The molecule has 2 heterocycles. The number of hydrogen-bond acceptors (Lipinski definition) is 2. The molecule has 1 aromatic carbocycles. The van der Waals surface area contributed by atoms with Gasteiger partial charge in [-0.3, -0.25) is 5.10 Å². The van der Waals surface area contributed by atoms with Gasteiger partial charge in [0.25, 0.3) is 6.43 Å². The average molecular weight is 357 g/mol. The van der Waals surface area contributed by atoms with Crippen molar-refractivity contribution < 1.29 is 8.78 Å². The number of aromatic nitrogens is 2. The summed E-state index contributed by atoms with van der Waals surface area (Å²) in [5.74, 6) is 1.19. The number of aromatic amines is 1. The van der Waals surface area contributed by atoms with Crippen LogP contribution in [0.4, 0.5) is 8.78 Å². The third-order valence-electron chi connectivity index (χ3n) is 5.76. The molecular weight excluding hydrogens is 332 g/mol. The Labute approximate surface area is 153 Å². The van der Waals surface area contributed by atoms with Crippen LogP contribution in [-0.4, -0.2) is 34.7 Å². The van der Waals surface area contributed by atoms with Gasteiger partial charge in [0.05, 0.1) is 0 Å². The summed E-state index contributed by atoms with van der Waals surface area (Å²) in [4.78, 5) is 2.51. The van der Waals surface area contributed by atoms with Gasteiger partial charge in [-0.1, -0.05) is 42.5 Å². The summed E-state index contributed by atoms with van der Waals surface area (Å²) in [6, 6.07) is 12.0. The Kier molecular flexibility index (Phi) is 5.16. The van der Waals surface area contributed by atoms with E-state index in [1.54, 1.807) is 6.07 Å². The first kappa shape index (κ1) is 17.4. The highest BCUT2D eigenvalue weighted by atomic mass is 19.3. The molecule has 1 saturated heterocycles. The molecule has 5 heteroatoms. The minimum absolute atomic E-state index is 0.150. The predicted octanol–water partition coefficient (Wildman–Crippen LogP) is 4.89. The SMILES string of the molecule is FC(F)c1cc([C@@H]2CN(CC3CC=CCC3)C[C@H]2c2ccccc2)[nH]n1. The van der Waals surface area contributed by atoms with Crippen LogP contribution in [0.3, 0.4) is 0 Å². The lowest BCUT2D eigenvalue weighted by Crippen LogP contribution is -2.28. The Morgan fingerprint density at radius 3 is 2.62 bits per heavy atom. The molecule has 1 aliphatic heterocycles. The molecular formula is C21H25F2N3. The molecule has 4 rings (SSSR count). The van der Waals surface area contributed by atoms with Gasteiger partial charge in [0.15, 0.2) is 0 Å². The van der Waals surface area contributed by atoms with Crippen molar-refractivity contribution in [2.75, 3.05) is 19.6 Å². The fourth-order valence-corrected chi connectivity index (χ4v) is 4.43. The van der Waals surface area contributed by atoms with Crippen molar-refractivity contribution in [2.24, 2.45) is 5.92 Å². The summed E-state index contributed by atoms with van der Waals surface area (Å²) in [7, 11) is 0. The smallest absolute Gasteiger partial charge is 0.282 e. The van der Waals surface area contributed by atoms with Crippen LogP contribution in [0, 0.1) is 5.92 Å². The fourth-order valence-electron chi connectivity index (χ4n) is 4.43. The highest BCUT2D eigenvalue weighted by Gasteiger charge is 2.37. The van der Waals surface area contributed by atoms with E-state index in [2.05, 4.69) is 51.5 Å². The lowest BCUT2D eigenvalue weighted by Gasteiger charge is -2.24. The third-order valence-corrected chi connectivity index (χ3v) is 5.76. The van der Waals surface area contributed by atoms with E-state index < -0.39 is 6.43 Å². The topological polar surface area (TPSA) is 31.9 Å². The minimum Gasteiger partial charge on any atom is -0.302 e. The monoisotopic (exact) mass is 357 g/mol. The molecule has 0 saturated carbocycles. The number of hydrogen-bond donors (Lipinski definition) is 1. The molecule has 0 spiro atoms. The maximum absolute atomic E-state index is 13.0. The van der Waals surface area contributed by atoms with Crippen molar-refractivity contribution in [3.8, 4) is 0 Å². The first-order valence-corrected chi connectivity index (χ1v) is 9.46. The van der Waals surface area contributed by atoms with Gasteiger partial charge in [-0.25, -0.2) is 8.78 Å². The zero-order chi connectivity index (χ0) is 17.9. The van der Waals surface area contributed by atoms with E-state index in [1.165, 1.54) is 18.4 Å². The van der Waals surface area contributed by atoms with Gasteiger partial charge in [0.2, 0.25) is 0 Å². The van der Waals surface area contributed by atoms with Crippen LogP contribution in [-0.2, 0) is 0 Å². The first-order chi connectivity index (χ1) is 12.7. The molecule has 1 fully saturated rings. The first-order valence-electron chi connectivity index (χ1n) is 9.46. The van der Waals surface area contributed by atoms with E-state index in [-0.39, 0.29) is 11.6 Å². The second-order valence-electron chi connectivity index (χ2n) is 7.54. The quantitative estimate of drug-likeness (QED) is 0.773. The number of nitrogens with zero attached hydrogens (tertiary/aromatic N) is 2. The van der Waals surface area contributed by atoms with E-state index in [1.807, 2.05) is 6.07 Å². The summed E-state index contributed by atoms with van der Waals surface area (Å²) in [6.07, 6.45) is 5.60. The number of alkyl halides is 2. The summed E-state index contributed by atoms with van der Waals surface area (Å²) in [5.41, 5.74) is 1.96. The van der Waals surface area contributed by atoms with Gasteiger partial charge in [0, 0.05) is 37.2 Å². The number of H-pyrrole nitrogens is 1. The average Bonchev–Trinajstić information content (AvgIpc) is 3.30. The largest absolute Gasteiger partial charge is 0.302 e. The van der Waals surface area contributed by atoms with Gasteiger partial charge < -0.3 is 4.90 Å². The van der Waals surface area contributed by atoms with E-state index in [9.17, 15) is 8.78 Å². The molecule has 1 aromatic heterocycles. The summed E-state index contributed by atoms with van der Waals surface area (Å²) in [5, 5.41) is 6.71. The number of halogens is 2. The summed E-state index contributed by atoms with van der Waals surface area (Å²) < 4.78 is 25.9. The van der Waals surface area contributed by atoms with Gasteiger partial charge in [-0.05, 0) is 36.8 Å². The van der Waals surface area contributed by atoms with Crippen LogP contribution >= 0.6 is 0 Å². The molecule has 0 bridgehead atoms. The van der Waals surface area contributed by atoms with Gasteiger partial charge in [0.1, 0.15) is 5.69 Å². The van der Waals surface area contributed by atoms with E-state index in [0.29, 0.717) is 11.8 Å². The maximum Gasteiger partial charge on any atom is 0.282 e. The Balaban J connectivity index is 1.55. The Morgan fingerprint density at radius 1 is 1.12 bits per heavy atom. The van der Waals surface area contributed by atoms with Crippen LogP contribution < -0.4 is 0 Å². The second kappa shape index (κ2) is 7.70. The zero-order valence-electron chi connectivity index (χ0n) is 14.8. The Hall–Kier alpha value is -2.01. The number of benzene rings is 1. The van der Waals surface area contributed by atoms with E-state index >= 15 is 0 Å². The van der Waals surface area contributed by atoms with Crippen LogP contribution in [0.5, 0.6) is 0 Å². The summed E-state index contributed by atoms with van der Waals surface area (Å²) >= 11 is 0. The molecule has 26 heavy (non-hydrogen) atoms. The molecule has 1 aliphatic carbocycles. The molecule has 1 unspecified atom stereocenters. The molecule has 138 valence electrons. The zero-order valence-corrected chi connectivity index (χ0v) is 14.8. The predicted molar refractivity (Wildman–Crippen MR) is 98.4 cm³/mol. The van der Waals surface area contributed by atoms with Gasteiger partial charge in [-0.2, -0.15) is 5.10 Å². The van der Waals surface area contributed by atoms with Crippen molar-refractivity contribution in [3.63, 3.8) is 0 Å². The van der Waals surface area contributed by atoms with Crippen molar-refractivity contribution in [3.05, 3.63) is 65.5 Å². The normalized spacial score (nSPS) is 26.7. The number of rotatable bonds is 5. The maximum atomic E-state index is 13.0. The second-order valence-corrected chi connectivity index (χ2v) is 7.54. The molecule has 0 amide bonds. The molecule has 2 aliphatic rings.